The van der Waals surface area contributed by atoms with Gasteiger partial charge in [0.15, 0.2) is 0 Å². The molecule has 0 radical (unpaired) electrons. The lowest BCUT2D eigenvalue weighted by atomic mass is 10.1. The fraction of sp³-hybridized carbons (Fsp3) is 0.120. The maximum absolute atomic E-state index is 13.0. The molecule has 0 aliphatic rings. The van der Waals surface area contributed by atoms with Crippen LogP contribution in [-0.4, -0.2) is 10.9 Å². The van der Waals surface area contributed by atoms with E-state index in [4.69, 9.17) is 4.74 Å². The summed E-state index contributed by atoms with van der Waals surface area (Å²) in [5.41, 5.74) is 1.39. The largest absolute Gasteiger partial charge is 0.489 e. The number of nitrogens with zero attached hydrogens (tertiary/aromatic N) is 1. The minimum Gasteiger partial charge on any atom is -0.489 e. The number of benzene rings is 3. The monoisotopic (exact) mass is 486 g/mol. The molecule has 9 heteroatoms. The summed E-state index contributed by atoms with van der Waals surface area (Å²) in [4.78, 5) is 16.8. The van der Waals surface area contributed by atoms with Crippen molar-refractivity contribution in [2.75, 3.05) is 0 Å². The second-order valence-corrected chi connectivity index (χ2v) is 8.22. The molecular formula is C25H18F4N2O2S. The highest BCUT2D eigenvalue weighted by molar-refractivity contribution is 7.13. The van der Waals surface area contributed by atoms with Crippen LogP contribution in [-0.2, 0) is 19.3 Å². The van der Waals surface area contributed by atoms with E-state index in [9.17, 15) is 22.4 Å². The van der Waals surface area contributed by atoms with Gasteiger partial charge in [0.2, 0.25) is 0 Å². The first-order chi connectivity index (χ1) is 16.3. The Bertz CT molecular complexity index is 1290. The van der Waals surface area contributed by atoms with Crippen molar-refractivity contribution in [3.05, 3.63) is 106 Å². The van der Waals surface area contributed by atoms with Gasteiger partial charge in [0.1, 0.15) is 28.9 Å². The molecule has 1 N–H and O–H groups in total. The Labute approximate surface area is 196 Å². The van der Waals surface area contributed by atoms with Crippen molar-refractivity contribution in [3.63, 3.8) is 0 Å². The van der Waals surface area contributed by atoms with E-state index in [0.29, 0.717) is 21.9 Å². The predicted octanol–water partition coefficient (Wildman–Crippen LogP) is 6.48. The van der Waals surface area contributed by atoms with Gasteiger partial charge >= 0.3 is 6.18 Å². The van der Waals surface area contributed by atoms with E-state index in [-0.39, 0.29) is 30.6 Å². The van der Waals surface area contributed by atoms with E-state index in [1.54, 1.807) is 47.8 Å². The van der Waals surface area contributed by atoms with E-state index in [2.05, 4.69) is 10.3 Å². The summed E-state index contributed by atoms with van der Waals surface area (Å²) in [6.07, 6.45) is -4.41. The highest BCUT2D eigenvalue weighted by atomic mass is 32.1. The maximum Gasteiger partial charge on any atom is 0.416 e. The van der Waals surface area contributed by atoms with Gasteiger partial charge in [0.05, 0.1) is 5.56 Å². The lowest BCUT2D eigenvalue weighted by Gasteiger charge is -2.10. The fourth-order valence-corrected chi connectivity index (χ4v) is 3.91. The van der Waals surface area contributed by atoms with Crippen LogP contribution in [0.4, 0.5) is 17.6 Å². The van der Waals surface area contributed by atoms with E-state index in [1.165, 1.54) is 29.5 Å². The van der Waals surface area contributed by atoms with E-state index < -0.39 is 11.7 Å². The molecule has 34 heavy (non-hydrogen) atoms. The number of aromatic nitrogens is 1. The van der Waals surface area contributed by atoms with Gasteiger partial charge in [0, 0.05) is 17.5 Å². The number of halogens is 4. The van der Waals surface area contributed by atoms with Gasteiger partial charge in [-0.2, -0.15) is 13.2 Å². The molecule has 4 nitrogen and oxygen atoms in total. The number of rotatable bonds is 7. The first kappa shape index (κ1) is 23.4. The summed E-state index contributed by atoms with van der Waals surface area (Å²) in [6, 6.07) is 17.8. The molecule has 0 bridgehead atoms. The third-order valence-electron chi connectivity index (χ3n) is 4.84. The number of amides is 1. The molecule has 0 aliphatic heterocycles. The number of nitrogens with one attached hydrogen (secondary N) is 1. The number of carbonyl (C=O) groups is 1. The highest BCUT2D eigenvalue weighted by Crippen LogP contribution is 2.30. The number of hydrogen-bond acceptors (Lipinski definition) is 4. The molecule has 0 saturated heterocycles. The summed E-state index contributed by atoms with van der Waals surface area (Å²) in [5.74, 6) is -0.239. The van der Waals surface area contributed by atoms with Crippen molar-refractivity contribution in [3.8, 4) is 16.3 Å². The molecule has 3 aromatic carbocycles. The first-order valence-corrected chi connectivity index (χ1v) is 11.0. The molecular weight excluding hydrogens is 468 g/mol. The maximum atomic E-state index is 13.0. The van der Waals surface area contributed by atoms with Gasteiger partial charge in [-0.15, -0.1) is 11.3 Å². The molecule has 4 rings (SSSR count). The lowest BCUT2D eigenvalue weighted by molar-refractivity contribution is -0.137. The molecule has 4 aromatic rings. The quantitative estimate of drug-likeness (QED) is 0.304. The van der Waals surface area contributed by atoms with Crippen molar-refractivity contribution in [1.29, 1.82) is 0 Å². The Morgan fingerprint density at radius 2 is 1.74 bits per heavy atom. The van der Waals surface area contributed by atoms with Gasteiger partial charge in [-0.25, -0.2) is 9.37 Å². The Morgan fingerprint density at radius 1 is 0.971 bits per heavy atom. The zero-order valence-electron chi connectivity index (χ0n) is 17.6. The van der Waals surface area contributed by atoms with Crippen LogP contribution in [0, 0.1) is 5.82 Å². The Kier molecular flexibility index (Phi) is 6.93. The van der Waals surface area contributed by atoms with E-state index >= 15 is 0 Å². The zero-order valence-corrected chi connectivity index (χ0v) is 18.4. The molecule has 174 valence electrons. The summed E-state index contributed by atoms with van der Waals surface area (Å²) < 4.78 is 57.3. The van der Waals surface area contributed by atoms with Crippen LogP contribution in [0.2, 0.25) is 0 Å². The molecule has 0 saturated carbocycles. The van der Waals surface area contributed by atoms with Crippen LogP contribution < -0.4 is 10.1 Å². The summed E-state index contributed by atoms with van der Waals surface area (Å²) in [7, 11) is 0. The average Bonchev–Trinajstić information content (AvgIpc) is 3.33. The van der Waals surface area contributed by atoms with Gasteiger partial charge in [0.25, 0.3) is 5.91 Å². The molecule has 0 aliphatic carbocycles. The van der Waals surface area contributed by atoms with Crippen LogP contribution >= 0.6 is 11.3 Å². The number of ether oxygens (including phenoxy) is 1. The molecule has 0 spiro atoms. The van der Waals surface area contributed by atoms with Gasteiger partial charge in [-0.1, -0.05) is 36.4 Å². The third-order valence-corrected chi connectivity index (χ3v) is 5.74. The molecule has 1 heterocycles. The molecule has 1 aromatic heterocycles. The second-order valence-electron chi connectivity index (χ2n) is 7.36. The van der Waals surface area contributed by atoms with E-state index in [0.717, 1.165) is 17.7 Å². The summed E-state index contributed by atoms with van der Waals surface area (Å²) >= 11 is 1.28. The molecule has 0 atom stereocenters. The molecule has 0 unspecified atom stereocenters. The van der Waals surface area contributed by atoms with Gasteiger partial charge < -0.3 is 10.1 Å². The van der Waals surface area contributed by atoms with Gasteiger partial charge in [-0.05, 0) is 47.5 Å². The standard InChI is InChI=1S/C25H18F4N2O2S/c26-20-9-7-16(8-10-20)13-30-23(32)22-15-34-24(31-22)18-4-2-6-21(12-18)33-14-17-3-1-5-19(11-17)25(27,28)29/h1-12,15H,13-14H2,(H,30,32). The van der Waals surface area contributed by atoms with Crippen molar-refractivity contribution >= 4 is 17.2 Å². The van der Waals surface area contributed by atoms with Crippen LogP contribution in [0.5, 0.6) is 5.75 Å². The van der Waals surface area contributed by atoms with Crippen LogP contribution in [0.1, 0.15) is 27.2 Å². The normalized spacial score (nSPS) is 11.3. The molecule has 0 fully saturated rings. The average molecular weight is 486 g/mol. The number of thiazole rings is 1. The highest BCUT2D eigenvalue weighted by Gasteiger charge is 2.30. The first-order valence-electron chi connectivity index (χ1n) is 10.2. The Hall–Kier alpha value is -3.72. The minimum atomic E-state index is -4.41. The van der Waals surface area contributed by atoms with Crippen molar-refractivity contribution in [2.45, 2.75) is 19.3 Å². The summed E-state index contributed by atoms with van der Waals surface area (Å²) in [5, 5.41) is 4.97. The van der Waals surface area contributed by atoms with Crippen LogP contribution in [0.15, 0.2) is 78.2 Å². The fourth-order valence-electron chi connectivity index (χ4n) is 3.11. The second kappa shape index (κ2) is 10.0. The summed E-state index contributed by atoms with van der Waals surface area (Å²) in [6.45, 7) is 0.215. The van der Waals surface area contributed by atoms with Crippen molar-refractivity contribution in [2.24, 2.45) is 0 Å². The van der Waals surface area contributed by atoms with Crippen molar-refractivity contribution < 1.29 is 27.1 Å². The SMILES string of the molecule is O=C(NCc1ccc(F)cc1)c1csc(-c2cccc(OCc3cccc(C(F)(F)F)c3)c2)n1. The predicted molar refractivity (Wildman–Crippen MR) is 121 cm³/mol. The van der Waals surface area contributed by atoms with Crippen molar-refractivity contribution in [1.82, 2.24) is 10.3 Å². The molecule has 1 amide bonds. The minimum absolute atomic E-state index is 0.0255. The Balaban J connectivity index is 1.39. The smallest absolute Gasteiger partial charge is 0.416 e. The lowest BCUT2D eigenvalue weighted by Crippen LogP contribution is -2.23. The number of hydrogen-bond donors (Lipinski definition) is 1. The number of alkyl halides is 3. The van der Waals surface area contributed by atoms with Gasteiger partial charge in [-0.3, -0.25) is 4.79 Å². The Morgan fingerprint density at radius 3 is 2.50 bits per heavy atom. The zero-order chi connectivity index (χ0) is 24.1. The third kappa shape index (κ3) is 5.99. The van der Waals surface area contributed by atoms with Crippen LogP contribution in [0.25, 0.3) is 10.6 Å². The van der Waals surface area contributed by atoms with E-state index in [1.807, 2.05) is 0 Å². The number of carbonyl (C=O) groups excluding carboxylic acids is 1. The topological polar surface area (TPSA) is 51.2 Å². The van der Waals surface area contributed by atoms with Crippen LogP contribution in [0.3, 0.4) is 0 Å².